The molecule has 4 rings (SSSR count). The Kier molecular flexibility index (Phi) is 6.61. The Bertz CT molecular complexity index is 1090. The maximum absolute atomic E-state index is 12.6. The van der Waals surface area contributed by atoms with Gasteiger partial charge in [-0.25, -0.2) is 4.79 Å². The van der Waals surface area contributed by atoms with Crippen molar-refractivity contribution in [3.8, 4) is 5.75 Å². The molecule has 1 aliphatic heterocycles. The zero-order valence-corrected chi connectivity index (χ0v) is 17.2. The average molecular weight is 417 g/mol. The van der Waals surface area contributed by atoms with Gasteiger partial charge in [0.05, 0.1) is 23.7 Å². The molecule has 2 aromatic carbocycles. The molecule has 29 heavy (non-hydrogen) atoms. The molecule has 0 saturated carbocycles. The average Bonchev–Trinajstić information content (AvgIpc) is 2.74. The molecule has 2 heterocycles. The second-order valence-corrected chi connectivity index (χ2v) is 6.93. The van der Waals surface area contributed by atoms with Crippen molar-refractivity contribution in [2.75, 3.05) is 44.7 Å². The fraction of sp³-hybridized carbons (Fsp3) is 0.333. The van der Waals surface area contributed by atoms with Crippen molar-refractivity contribution in [3.05, 3.63) is 69.4 Å². The Morgan fingerprint density at radius 1 is 0.931 bits per heavy atom. The maximum atomic E-state index is 12.6. The van der Waals surface area contributed by atoms with Gasteiger partial charge in [-0.05, 0) is 24.3 Å². The second-order valence-electron chi connectivity index (χ2n) is 6.93. The van der Waals surface area contributed by atoms with Crippen LogP contribution in [-0.2, 0) is 6.54 Å². The number of benzene rings is 2. The third-order valence-corrected chi connectivity index (χ3v) is 5.33. The number of aromatic amines is 1. The van der Waals surface area contributed by atoms with E-state index in [4.69, 9.17) is 4.74 Å². The molecule has 0 amide bonds. The Labute approximate surface area is 174 Å². The minimum absolute atomic E-state index is 0. The molecule has 1 aliphatic rings. The first-order valence-electron chi connectivity index (χ1n) is 9.49. The topological polar surface area (TPSA) is 70.6 Å². The van der Waals surface area contributed by atoms with Gasteiger partial charge in [-0.1, -0.05) is 24.3 Å². The summed E-state index contributed by atoms with van der Waals surface area (Å²) in [5, 5.41) is 0.545. The fourth-order valence-corrected chi connectivity index (χ4v) is 3.75. The van der Waals surface area contributed by atoms with E-state index >= 15 is 0 Å². The predicted molar refractivity (Wildman–Crippen MR) is 118 cm³/mol. The highest BCUT2D eigenvalue weighted by molar-refractivity contribution is 5.85. The molecule has 0 unspecified atom stereocenters. The number of fused-ring (bicyclic) bond motifs is 1. The number of ether oxygens (including phenoxy) is 1. The number of nitrogens with zero attached hydrogens (tertiary/aromatic N) is 3. The van der Waals surface area contributed by atoms with Gasteiger partial charge in [-0.3, -0.25) is 14.3 Å². The molecule has 8 heteroatoms. The van der Waals surface area contributed by atoms with Crippen LogP contribution in [0.5, 0.6) is 5.75 Å². The van der Waals surface area contributed by atoms with Crippen molar-refractivity contribution in [3.63, 3.8) is 0 Å². The Morgan fingerprint density at radius 2 is 1.62 bits per heavy atom. The number of piperazine rings is 1. The van der Waals surface area contributed by atoms with Crippen LogP contribution < -0.4 is 20.9 Å². The Balaban J connectivity index is 0.00000240. The minimum atomic E-state index is -0.351. The van der Waals surface area contributed by atoms with Crippen LogP contribution in [0, 0.1) is 0 Å². The van der Waals surface area contributed by atoms with Crippen LogP contribution in [0.1, 0.15) is 0 Å². The van der Waals surface area contributed by atoms with Crippen molar-refractivity contribution >= 4 is 29.0 Å². The molecule has 7 nitrogen and oxygen atoms in total. The zero-order chi connectivity index (χ0) is 19.5. The lowest BCUT2D eigenvalue weighted by Gasteiger charge is -2.36. The van der Waals surface area contributed by atoms with E-state index in [1.54, 1.807) is 19.2 Å². The van der Waals surface area contributed by atoms with E-state index in [0.717, 1.165) is 37.6 Å². The fourth-order valence-electron chi connectivity index (χ4n) is 3.75. The Morgan fingerprint density at radius 3 is 2.38 bits per heavy atom. The standard InChI is InChI=1S/C21H24N4O3.ClH/c1-28-19-9-5-4-8-18(19)24-13-10-23(11-14-24)12-15-25-20(26)16-6-2-3-7-17(16)22-21(25)27;/h2-9H,10-15H2,1H3,(H,22,27);1H. The van der Waals surface area contributed by atoms with Crippen LogP contribution in [0.4, 0.5) is 5.69 Å². The van der Waals surface area contributed by atoms with Crippen molar-refractivity contribution in [1.82, 2.24) is 14.5 Å². The molecular formula is C21H25ClN4O3. The van der Waals surface area contributed by atoms with Gasteiger partial charge in [0, 0.05) is 39.3 Å². The highest BCUT2D eigenvalue weighted by Crippen LogP contribution is 2.28. The van der Waals surface area contributed by atoms with E-state index in [1.807, 2.05) is 30.3 Å². The predicted octanol–water partition coefficient (Wildman–Crippen LogP) is 1.94. The quantitative estimate of drug-likeness (QED) is 0.688. The van der Waals surface area contributed by atoms with Gasteiger partial charge in [-0.2, -0.15) is 0 Å². The highest BCUT2D eigenvalue weighted by Gasteiger charge is 2.19. The first-order valence-corrected chi connectivity index (χ1v) is 9.49. The lowest BCUT2D eigenvalue weighted by atomic mass is 10.2. The van der Waals surface area contributed by atoms with E-state index in [9.17, 15) is 9.59 Å². The first-order chi connectivity index (χ1) is 13.7. The number of hydrogen-bond acceptors (Lipinski definition) is 5. The first kappa shape index (κ1) is 21.0. The molecule has 154 valence electrons. The smallest absolute Gasteiger partial charge is 0.328 e. The van der Waals surface area contributed by atoms with Gasteiger partial charge < -0.3 is 14.6 Å². The third-order valence-electron chi connectivity index (χ3n) is 5.33. The van der Waals surface area contributed by atoms with E-state index in [0.29, 0.717) is 24.0 Å². The molecule has 1 saturated heterocycles. The summed E-state index contributed by atoms with van der Waals surface area (Å²) >= 11 is 0. The number of para-hydroxylation sites is 3. The van der Waals surface area contributed by atoms with Crippen molar-refractivity contribution in [1.29, 1.82) is 0 Å². The number of nitrogens with one attached hydrogen (secondary N) is 1. The van der Waals surface area contributed by atoms with Gasteiger partial charge in [-0.15, -0.1) is 12.4 Å². The van der Waals surface area contributed by atoms with Gasteiger partial charge in [0.2, 0.25) is 0 Å². The van der Waals surface area contributed by atoms with Crippen LogP contribution in [0.2, 0.25) is 0 Å². The molecule has 0 aliphatic carbocycles. The largest absolute Gasteiger partial charge is 0.495 e. The number of methoxy groups -OCH3 is 1. The summed E-state index contributed by atoms with van der Waals surface area (Å²) in [4.78, 5) is 32.3. The van der Waals surface area contributed by atoms with Crippen LogP contribution in [0.25, 0.3) is 10.9 Å². The molecule has 0 bridgehead atoms. The molecule has 3 aromatic rings. The number of aromatic nitrogens is 2. The van der Waals surface area contributed by atoms with Crippen LogP contribution >= 0.6 is 12.4 Å². The van der Waals surface area contributed by atoms with Crippen LogP contribution in [0.15, 0.2) is 58.1 Å². The van der Waals surface area contributed by atoms with Crippen molar-refractivity contribution < 1.29 is 4.74 Å². The SMILES string of the molecule is COc1ccccc1N1CCN(CCn2c(=O)[nH]c3ccccc3c2=O)CC1.Cl. The highest BCUT2D eigenvalue weighted by atomic mass is 35.5. The number of H-pyrrole nitrogens is 1. The number of rotatable bonds is 5. The Hall–Kier alpha value is -2.77. The monoisotopic (exact) mass is 416 g/mol. The summed E-state index contributed by atoms with van der Waals surface area (Å²) in [5.74, 6) is 0.880. The molecule has 1 aromatic heterocycles. The molecular weight excluding hydrogens is 392 g/mol. The maximum Gasteiger partial charge on any atom is 0.328 e. The van der Waals surface area contributed by atoms with E-state index in [2.05, 4.69) is 20.9 Å². The van der Waals surface area contributed by atoms with Gasteiger partial charge in [0.1, 0.15) is 5.75 Å². The number of hydrogen-bond donors (Lipinski definition) is 1. The van der Waals surface area contributed by atoms with Crippen LogP contribution in [-0.4, -0.2) is 54.3 Å². The van der Waals surface area contributed by atoms with Crippen molar-refractivity contribution in [2.24, 2.45) is 0 Å². The zero-order valence-electron chi connectivity index (χ0n) is 16.3. The third kappa shape index (κ3) is 4.31. The normalized spacial score (nSPS) is 14.6. The van der Waals surface area contributed by atoms with Gasteiger partial charge in [0.15, 0.2) is 0 Å². The lowest BCUT2D eigenvalue weighted by Crippen LogP contribution is -2.48. The summed E-state index contributed by atoms with van der Waals surface area (Å²) in [6.07, 6.45) is 0. The summed E-state index contributed by atoms with van der Waals surface area (Å²) in [6.45, 7) is 4.55. The molecule has 1 fully saturated rings. The molecule has 0 radical (unpaired) electrons. The van der Waals surface area contributed by atoms with E-state index in [-0.39, 0.29) is 23.7 Å². The molecule has 1 N–H and O–H groups in total. The second kappa shape index (κ2) is 9.15. The van der Waals surface area contributed by atoms with E-state index in [1.165, 1.54) is 4.57 Å². The lowest BCUT2D eigenvalue weighted by molar-refractivity contribution is 0.245. The number of anilines is 1. The summed E-state index contributed by atoms with van der Waals surface area (Å²) < 4.78 is 6.76. The van der Waals surface area contributed by atoms with Crippen molar-refractivity contribution in [2.45, 2.75) is 6.54 Å². The van der Waals surface area contributed by atoms with Crippen LogP contribution in [0.3, 0.4) is 0 Å². The summed E-state index contributed by atoms with van der Waals surface area (Å²) in [7, 11) is 1.69. The summed E-state index contributed by atoms with van der Waals surface area (Å²) in [6, 6.07) is 15.1. The van der Waals surface area contributed by atoms with E-state index < -0.39 is 0 Å². The molecule has 0 atom stereocenters. The summed E-state index contributed by atoms with van der Waals surface area (Å²) in [5.41, 5.74) is 1.11. The minimum Gasteiger partial charge on any atom is -0.495 e. The van der Waals surface area contributed by atoms with Gasteiger partial charge in [0.25, 0.3) is 5.56 Å². The van der Waals surface area contributed by atoms with Gasteiger partial charge >= 0.3 is 5.69 Å². The number of halogens is 1. The molecule has 0 spiro atoms.